The van der Waals surface area contributed by atoms with Crippen LogP contribution in [-0.2, 0) is 0 Å². The van der Waals surface area contributed by atoms with E-state index < -0.39 is 0 Å². The first kappa shape index (κ1) is 7.11. The fourth-order valence-corrected chi connectivity index (χ4v) is 0.975. The summed E-state index contributed by atoms with van der Waals surface area (Å²) in [7, 11) is 0. The van der Waals surface area contributed by atoms with Crippen molar-refractivity contribution in [3.8, 4) is 0 Å². The molecule has 1 aliphatic rings. The molecule has 1 saturated carbocycles. The molecule has 1 aliphatic carbocycles. The van der Waals surface area contributed by atoms with Crippen LogP contribution in [-0.4, -0.2) is 0 Å². The predicted octanol–water partition coefficient (Wildman–Crippen LogP) is 2.85. The molecule has 0 amide bonds. The maximum atomic E-state index is 3.87. The lowest BCUT2D eigenvalue weighted by Crippen LogP contribution is -1.91. The van der Waals surface area contributed by atoms with Crippen molar-refractivity contribution in [2.75, 3.05) is 0 Å². The Morgan fingerprint density at radius 2 is 2.44 bits per heavy atom. The van der Waals surface area contributed by atoms with Gasteiger partial charge in [0, 0.05) is 0 Å². The molecule has 52 valence electrons. The van der Waals surface area contributed by atoms with Gasteiger partial charge in [-0.15, -0.1) is 0 Å². The van der Waals surface area contributed by atoms with Crippen molar-refractivity contribution in [1.82, 2.24) is 0 Å². The van der Waals surface area contributed by atoms with Crippen LogP contribution in [0.5, 0.6) is 0 Å². The Labute approximate surface area is 58.7 Å². The Kier molecular flexibility index (Phi) is 2.56. The van der Waals surface area contributed by atoms with E-state index in [1.807, 2.05) is 0 Å². The first-order valence-corrected chi connectivity index (χ1v) is 3.95. The standard InChI is InChI=1S/C9H16/c1-3-8(2)4-5-9-6-7-9/h6,8-9H,1,3-5,7H2,2H3. The first-order chi connectivity index (χ1) is 4.33. The van der Waals surface area contributed by atoms with E-state index in [2.05, 4.69) is 20.3 Å². The van der Waals surface area contributed by atoms with E-state index in [1.165, 1.54) is 19.3 Å². The average Bonchev–Trinajstić information content (AvgIpc) is 2.65. The van der Waals surface area contributed by atoms with E-state index in [0.29, 0.717) is 0 Å². The van der Waals surface area contributed by atoms with E-state index in [-0.39, 0.29) is 0 Å². The molecule has 0 aromatic carbocycles. The summed E-state index contributed by atoms with van der Waals surface area (Å²) < 4.78 is 0. The molecule has 0 N–H and O–H groups in total. The monoisotopic (exact) mass is 124 g/mol. The van der Waals surface area contributed by atoms with Gasteiger partial charge in [-0.3, -0.25) is 0 Å². The fraction of sp³-hybridized carbons (Fsp3) is 0.778. The van der Waals surface area contributed by atoms with Gasteiger partial charge in [-0.1, -0.05) is 26.7 Å². The minimum absolute atomic E-state index is 0.846. The van der Waals surface area contributed by atoms with Gasteiger partial charge in [-0.2, -0.15) is 0 Å². The minimum Gasteiger partial charge on any atom is -0.0625 e. The summed E-state index contributed by atoms with van der Waals surface area (Å²) in [5, 5.41) is 0. The second kappa shape index (κ2) is 3.24. The summed E-state index contributed by atoms with van der Waals surface area (Å²) >= 11 is 0. The summed E-state index contributed by atoms with van der Waals surface area (Å²) in [4.78, 5) is 0. The van der Waals surface area contributed by atoms with E-state index >= 15 is 0 Å². The summed E-state index contributed by atoms with van der Waals surface area (Å²) in [5.41, 5.74) is 0. The zero-order chi connectivity index (χ0) is 6.69. The van der Waals surface area contributed by atoms with Crippen LogP contribution in [0.25, 0.3) is 0 Å². The van der Waals surface area contributed by atoms with Gasteiger partial charge in [0.1, 0.15) is 0 Å². The van der Waals surface area contributed by atoms with Crippen molar-refractivity contribution >= 4 is 0 Å². The lowest BCUT2D eigenvalue weighted by atomic mass is 10.0. The third-order valence-corrected chi connectivity index (χ3v) is 2.09. The van der Waals surface area contributed by atoms with Crippen LogP contribution in [0.4, 0.5) is 0 Å². The molecule has 1 rings (SSSR count). The van der Waals surface area contributed by atoms with Crippen molar-refractivity contribution in [3.63, 3.8) is 0 Å². The van der Waals surface area contributed by atoms with Gasteiger partial charge < -0.3 is 0 Å². The minimum atomic E-state index is 0.846. The lowest BCUT2D eigenvalue weighted by molar-refractivity contribution is 0.498. The van der Waals surface area contributed by atoms with Crippen molar-refractivity contribution in [2.24, 2.45) is 11.8 Å². The van der Waals surface area contributed by atoms with Crippen LogP contribution in [0.1, 0.15) is 32.6 Å². The zero-order valence-corrected chi connectivity index (χ0v) is 6.27. The van der Waals surface area contributed by atoms with Crippen LogP contribution in [0.2, 0.25) is 0 Å². The van der Waals surface area contributed by atoms with Gasteiger partial charge in [0.05, 0.1) is 0 Å². The van der Waals surface area contributed by atoms with Crippen molar-refractivity contribution < 1.29 is 0 Å². The number of rotatable bonds is 4. The zero-order valence-electron chi connectivity index (χ0n) is 6.27. The number of hydrogen-bond donors (Lipinski definition) is 0. The molecular weight excluding hydrogens is 108 g/mol. The normalized spacial score (nSPS) is 22.0. The van der Waals surface area contributed by atoms with Gasteiger partial charge in [0.15, 0.2) is 0 Å². The second-order valence-corrected chi connectivity index (χ2v) is 3.20. The average molecular weight is 124 g/mol. The molecule has 2 radical (unpaired) electrons. The summed E-state index contributed by atoms with van der Waals surface area (Å²) in [5.74, 6) is 1.83. The van der Waals surface area contributed by atoms with E-state index in [0.717, 1.165) is 18.3 Å². The summed E-state index contributed by atoms with van der Waals surface area (Å²) in [6, 6.07) is 0. The maximum Gasteiger partial charge on any atom is -0.0352 e. The highest BCUT2D eigenvalue weighted by Gasteiger charge is 2.21. The molecule has 0 heteroatoms. The molecule has 9 heavy (non-hydrogen) atoms. The first-order valence-electron chi connectivity index (χ1n) is 3.95. The van der Waals surface area contributed by atoms with Crippen LogP contribution < -0.4 is 0 Å². The third kappa shape index (κ3) is 2.88. The molecule has 0 aromatic rings. The molecule has 0 spiro atoms. The van der Waals surface area contributed by atoms with Crippen LogP contribution in [0, 0.1) is 25.2 Å². The molecule has 0 aliphatic heterocycles. The van der Waals surface area contributed by atoms with Crippen LogP contribution >= 0.6 is 0 Å². The topological polar surface area (TPSA) is 0 Å². The Morgan fingerprint density at radius 3 is 2.89 bits per heavy atom. The smallest absolute Gasteiger partial charge is 0.0352 e. The number of hydrogen-bond acceptors (Lipinski definition) is 0. The highest BCUT2D eigenvalue weighted by molar-refractivity contribution is 4.94. The predicted molar refractivity (Wildman–Crippen MR) is 40.8 cm³/mol. The Morgan fingerprint density at radius 1 is 1.78 bits per heavy atom. The van der Waals surface area contributed by atoms with Gasteiger partial charge >= 0.3 is 0 Å². The summed E-state index contributed by atoms with van der Waals surface area (Å²) in [6.07, 6.45) is 7.67. The van der Waals surface area contributed by atoms with E-state index in [9.17, 15) is 0 Å². The fourth-order valence-electron chi connectivity index (χ4n) is 0.975. The molecule has 0 nitrogen and oxygen atoms in total. The van der Waals surface area contributed by atoms with Crippen molar-refractivity contribution in [1.29, 1.82) is 0 Å². The van der Waals surface area contributed by atoms with Crippen molar-refractivity contribution in [3.05, 3.63) is 13.3 Å². The van der Waals surface area contributed by atoms with Crippen LogP contribution in [0.3, 0.4) is 0 Å². The van der Waals surface area contributed by atoms with Crippen molar-refractivity contribution in [2.45, 2.75) is 32.6 Å². The molecule has 2 atom stereocenters. The quantitative estimate of drug-likeness (QED) is 0.540. The molecule has 0 aromatic heterocycles. The van der Waals surface area contributed by atoms with Gasteiger partial charge in [-0.05, 0) is 31.1 Å². The second-order valence-electron chi connectivity index (χ2n) is 3.20. The molecule has 0 heterocycles. The van der Waals surface area contributed by atoms with Gasteiger partial charge in [0.2, 0.25) is 0 Å². The Bertz CT molecular complexity index is 72.1. The van der Waals surface area contributed by atoms with E-state index in [1.54, 1.807) is 0 Å². The lowest BCUT2D eigenvalue weighted by Gasteiger charge is -2.05. The van der Waals surface area contributed by atoms with Gasteiger partial charge in [0.25, 0.3) is 0 Å². The highest BCUT2D eigenvalue weighted by atomic mass is 14.3. The summed E-state index contributed by atoms with van der Waals surface area (Å²) in [6.45, 7) is 6.16. The van der Waals surface area contributed by atoms with Gasteiger partial charge in [-0.25, -0.2) is 0 Å². The molecule has 1 fully saturated rings. The maximum absolute atomic E-state index is 3.87. The Balaban J connectivity index is 1.90. The largest absolute Gasteiger partial charge is 0.0625 e. The molecule has 2 unspecified atom stereocenters. The van der Waals surface area contributed by atoms with E-state index in [4.69, 9.17) is 0 Å². The Hall–Kier alpha value is 0. The molecular formula is C9H16. The molecule has 0 bridgehead atoms. The highest BCUT2D eigenvalue weighted by Crippen LogP contribution is 2.33. The molecule has 0 saturated heterocycles. The SMILES string of the molecule is [CH2]CC(C)CCC1[CH]C1. The van der Waals surface area contributed by atoms with Crippen LogP contribution in [0.15, 0.2) is 0 Å². The third-order valence-electron chi connectivity index (χ3n) is 2.09.